The maximum atomic E-state index is 6.16. The molecule has 0 aliphatic carbocycles. The summed E-state index contributed by atoms with van der Waals surface area (Å²) in [5, 5.41) is 6.76. The molecule has 1 unspecified atom stereocenters. The monoisotopic (exact) mass is 425 g/mol. The molecule has 0 radical (unpaired) electrons. The van der Waals surface area contributed by atoms with Gasteiger partial charge in [-0.3, -0.25) is 0 Å². The van der Waals surface area contributed by atoms with Gasteiger partial charge in [0.1, 0.15) is 5.75 Å². The Morgan fingerprint density at radius 2 is 1.94 bits per heavy atom. The van der Waals surface area contributed by atoms with Crippen LogP contribution in [0.5, 0.6) is 5.75 Å². The summed E-state index contributed by atoms with van der Waals surface area (Å²) in [7, 11) is 1.71. The lowest BCUT2D eigenvalue weighted by atomic mass is 10.1. The number of guanidine groups is 1. The highest BCUT2D eigenvalue weighted by Crippen LogP contribution is 2.22. The summed E-state index contributed by atoms with van der Waals surface area (Å²) < 4.78 is 16.8. The second kappa shape index (κ2) is 12.3. The van der Waals surface area contributed by atoms with Gasteiger partial charge in [-0.2, -0.15) is 0 Å². The van der Waals surface area contributed by atoms with Gasteiger partial charge in [0.2, 0.25) is 0 Å². The first-order chi connectivity index (χ1) is 15.2. The number of hydrogen-bond donors (Lipinski definition) is 2. The minimum absolute atomic E-state index is 0.482. The Morgan fingerprint density at radius 3 is 2.65 bits per heavy atom. The Hall–Kier alpha value is -2.57. The summed E-state index contributed by atoms with van der Waals surface area (Å²) in [6.45, 7) is 9.19. The van der Waals surface area contributed by atoms with E-state index in [0.29, 0.717) is 32.2 Å². The van der Waals surface area contributed by atoms with Crippen molar-refractivity contribution >= 4 is 5.96 Å². The molecule has 1 aliphatic heterocycles. The van der Waals surface area contributed by atoms with Gasteiger partial charge in [-0.05, 0) is 43.0 Å². The third-order valence-electron chi connectivity index (χ3n) is 5.27. The number of benzene rings is 2. The van der Waals surface area contributed by atoms with Crippen LogP contribution < -0.4 is 15.4 Å². The van der Waals surface area contributed by atoms with E-state index in [2.05, 4.69) is 66.9 Å². The van der Waals surface area contributed by atoms with Gasteiger partial charge in [-0.15, -0.1) is 0 Å². The molecule has 31 heavy (non-hydrogen) atoms. The van der Waals surface area contributed by atoms with Crippen molar-refractivity contribution in [3.63, 3.8) is 0 Å². The van der Waals surface area contributed by atoms with Crippen LogP contribution in [0.15, 0.2) is 47.5 Å². The Bertz CT molecular complexity index is 830. The van der Waals surface area contributed by atoms with Crippen LogP contribution in [-0.4, -0.2) is 39.4 Å². The van der Waals surface area contributed by atoms with Crippen LogP contribution in [0.1, 0.15) is 35.6 Å². The summed E-state index contributed by atoms with van der Waals surface area (Å²) >= 11 is 0. The normalized spacial score (nSPS) is 16.4. The summed E-state index contributed by atoms with van der Waals surface area (Å²) in [6, 6.07) is 14.7. The van der Waals surface area contributed by atoms with Crippen molar-refractivity contribution in [2.45, 2.75) is 40.0 Å². The highest BCUT2D eigenvalue weighted by atomic mass is 16.5. The summed E-state index contributed by atoms with van der Waals surface area (Å²) in [6.07, 6.45) is 1.07. The van der Waals surface area contributed by atoms with Gasteiger partial charge in [-0.25, -0.2) is 4.99 Å². The van der Waals surface area contributed by atoms with Crippen molar-refractivity contribution in [2.24, 2.45) is 10.9 Å². The number of aryl methyl sites for hydroxylation is 1. The van der Waals surface area contributed by atoms with Gasteiger partial charge >= 0.3 is 0 Å². The van der Waals surface area contributed by atoms with E-state index in [4.69, 9.17) is 19.2 Å². The van der Waals surface area contributed by atoms with Gasteiger partial charge in [0.15, 0.2) is 5.96 Å². The minimum atomic E-state index is 0.482. The van der Waals surface area contributed by atoms with Crippen LogP contribution in [0.3, 0.4) is 0 Å². The highest BCUT2D eigenvalue weighted by molar-refractivity contribution is 5.79. The quantitative estimate of drug-likeness (QED) is 0.448. The molecule has 2 aromatic carbocycles. The second-order valence-corrected chi connectivity index (χ2v) is 7.95. The third-order valence-corrected chi connectivity index (χ3v) is 5.27. The number of aliphatic imine (C=N–C) groups is 1. The molecule has 0 aromatic heterocycles. The van der Waals surface area contributed by atoms with E-state index in [1.54, 1.807) is 7.11 Å². The first-order valence-corrected chi connectivity index (χ1v) is 11.1. The third kappa shape index (κ3) is 7.56. The fourth-order valence-electron chi connectivity index (χ4n) is 3.46. The molecule has 3 rings (SSSR count). The fourth-order valence-corrected chi connectivity index (χ4v) is 3.46. The van der Waals surface area contributed by atoms with E-state index >= 15 is 0 Å². The maximum absolute atomic E-state index is 6.16. The molecule has 0 saturated carbocycles. The van der Waals surface area contributed by atoms with E-state index in [0.717, 1.165) is 54.6 Å². The van der Waals surface area contributed by atoms with Crippen LogP contribution in [0.4, 0.5) is 0 Å². The molecule has 1 fully saturated rings. The Balaban J connectivity index is 1.60. The van der Waals surface area contributed by atoms with Crippen LogP contribution in [0.2, 0.25) is 0 Å². The molecule has 2 N–H and O–H groups in total. The van der Waals surface area contributed by atoms with Crippen molar-refractivity contribution in [2.75, 3.05) is 33.5 Å². The average Bonchev–Trinajstić information content (AvgIpc) is 3.30. The molecule has 0 bridgehead atoms. The van der Waals surface area contributed by atoms with E-state index in [1.807, 2.05) is 0 Å². The lowest BCUT2D eigenvalue weighted by Crippen LogP contribution is -2.36. The predicted octanol–water partition coefficient (Wildman–Crippen LogP) is 3.81. The molecule has 1 heterocycles. The van der Waals surface area contributed by atoms with Crippen molar-refractivity contribution in [1.29, 1.82) is 0 Å². The number of nitrogens with one attached hydrogen (secondary N) is 2. The van der Waals surface area contributed by atoms with Crippen molar-refractivity contribution in [3.8, 4) is 5.75 Å². The molecule has 0 amide bonds. The maximum Gasteiger partial charge on any atom is 0.191 e. The molecule has 1 aliphatic rings. The smallest absolute Gasteiger partial charge is 0.191 e. The molecule has 6 nitrogen and oxygen atoms in total. The van der Waals surface area contributed by atoms with E-state index in [1.165, 1.54) is 5.56 Å². The zero-order valence-corrected chi connectivity index (χ0v) is 18.9. The Kier molecular flexibility index (Phi) is 9.18. The Labute approximate surface area is 186 Å². The lowest BCUT2D eigenvalue weighted by Gasteiger charge is -2.17. The SMILES string of the molecule is CCNC(=NCc1ccc(COC)cc1)NCc1ccc(C)cc1OCC1CCOC1. The molecular weight excluding hydrogens is 390 g/mol. The van der Waals surface area contributed by atoms with E-state index < -0.39 is 0 Å². The summed E-state index contributed by atoms with van der Waals surface area (Å²) in [5.74, 6) is 2.21. The van der Waals surface area contributed by atoms with Crippen molar-refractivity contribution < 1.29 is 14.2 Å². The van der Waals surface area contributed by atoms with Gasteiger partial charge in [0.05, 0.1) is 26.4 Å². The number of ether oxygens (including phenoxy) is 3. The zero-order valence-electron chi connectivity index (χ0n) is 18.9. The van der Waals surface area contributed by atoms with Crippen molar-refractivity contribution in [1.82, 2.24) is 10.6 Å². The molecule has 1 atom stereocenters. The molecule has 2 aromatic rings. The first kappa shape index (κ1) is 23.1. The van der Waals surface area contributed by atoms with Crippen LogP contribution in [0, 0.1) is 12.8 Å². The molecule has 168 valence electrons. The highest BCUT2D eigenvalue weighted by Gasteiger charge is 2.17. The topological polar surface area (TPSA) is 64.1 Å². The molecule has 6 heteroatoms. The first-order valence-electron chi connectivity index (χ1n) is 11.1. The number of nitrogens with zero attached hydrogens (tertiary/aromatic N) is 1. The predicted molar refractivity (Wildman–Crippen MR) is 124 cm³/mol. The Morgan fingerprint density at radius 1 is 1.13 bits per heavy atom. The molecule has 1 saturated heterocycles. The zero-order chi connectivity index (χ0) is 21.9. The number of hydrogen-bond acceptors (Lipinski definition) is 4. The van der Waals surface area contributed by atoms with E-state index in [-0.39, 0.29) is 0 Å². The van der Waals surface area contributed by atoms with E-state index in [9.17, 15) is 0 Å². The van der Waals surface area contributed by atoms with Gasteiger partial charge in [0, 0.05) is 38.3 Å². The number of rotatable bonds is 10. The average molecular weight is 426 g/mol. The fraction of sp³-hybridized carbons (Fsp3) is 0.480. The minimum Gasteiger partial charge on any atom is -0.493 e. The second-order valence-electron chi connectivity index (χ2n) is 7.95. The molecule has 0 spiro atoms. The van der Waals surface area contributed by atoms with Crippen LogP contribution in [-0.2, 0) is 29.2 Å². The lowest BCUT2D eigenvalue weighted by molar-refractivity contribution is 0.166. The largest absolute Gasteiger partial charge is 0.493 e. The standard InChI is InChI=1S/C25H35N3O3/c1-4-26-25(27-14-20-6-8-21(9-7-20)16-29-3)28-15-23-10-5-19(2)13-24(23)31-18-22-11-12-30-17-22/h5-10,13,22H,4,11-12,14-18H2,1-3H3,(H2,26,27,28). The summed E-state index contributed by atoms with van der Waals surface area (Å²) in [4.78, 5) is 4.74. The molecular formula is C25H35N3O3. The number of methoxy groups -OCH3 is 1. The van der Waals surface area contributed by atoms with Crippen molar-refractivity contribution in [3.05, 3.63) is 64.7 Å². The summed E-state index contributed by atoms with van der Waals surface area (Å²) in [5.41, 5.74) is 4.64. The van der Waals surface area contributed by atoms with Gasteiger partial charge in [0.25, 0.3) is 0 Å². The van der Waals surface area contributed by atoms with Crippen LogP contribution >= 0.6 is 0 Å². The van der Waals surface area contributed by atoms with Crippen LogP contribution in [0.25, 0.3) is 0 Å². The van der Waals surface area contributed by atoms with Gasteiger partial charge in [-0.1, -0.05) is 36.4 Å². The van der Waals surface area contributed by atoms with Gasteiger partial charge < -0.3 is 24.8 Å².